The van der Waals surface area contributed by atoms with E-state index in [4.69, 9.17) is 9.84 Å². The molecule has 1 aromatic heterocycles. The first-order valence-corrected chi connectivity index (χ1v) is 8.44. The zero-order chi connectivity index (χ0) is 18.8. The Balaban J connectivity index is 1.95. The summed E-state index contributed by atoms with van der Waals surface area (Å²) in [5.41, 5.74) is 2.90. The van der Waals surface area contributed by atoms with Gasteiger partial charge in [-0.25, -0.2) is 9.78 Å². The Hall–Kier alpha value is -2.87. The van der Waals surface area contributed by atoms with Gasteiger partial charge in [0.2, 0.25) is 0 Å². The highest BCUT2D eigenvalue weighted by molar-refractivity contribution is 6.08. The van der Waals surface area contributed by atoms with Crippen LogP contribution in [0.25, 0.3) is 11.0 Å². The first-order chi connectivity index (χ1) is 12.5. The van der Waals surface area contributed by atoms with E-state index < -0.39 is 5.97 Å². The fraction of sp³-hybridized carbons (Fsp3) is 0.389. The van der Waals surface area contributed by atoms with E-state index in [1.165, 1.54) is 12.0 Å². The molecule has 0 aliphatic carbocycles. The summed E-state index contributed by atoms with van der Waals surface area (Å²) in [5.74, 6) is 0.0703. The number of hydrogen-bond acceptors (Lipinski definition) is 6. The summed E-state index contributed by atoms with van der Waals surface area (Å²) in [6.45, 7) is 2.14. The first-order valence-electron chi connectivity index (χ1n) is 8.44. The molecule has 1 amide bonds. The molecule has 2 aromatic rings. The third-order valence-corrected chi connectivity index (χ3v) is 4.51. The molecule has 0 spiro atoms. The van der Waals surface area contributed by atoms with Gasteiger partial charge in [0.25, 0.3) is 5.91 Å². The molecule has 0 radical (unpaired) electrons. The van der Waals surface area contributed by atoms with Crippen molar-refractivity contribution in [2.45, 2.75) is 13.3 Å². The normalized spacial score (nSPS) is 14.5. The summed E-state index contributed by atoms with van der Waals surface area (Å²) in [6, 6.07) is 5.61. The molecule has 1 aromatic carbocycles. The van der Waals surface area contributed by atoms with Crippen LogP contribution in [0.1, 0.15) is 12.7 Å². The summed E-state index contributed by atoms with van der Waals surface area (Å²) in [6.07, 6.45) is 0.820. The number of nitrogens with one attached hydrogen (secondary N) is 1. The van der Waals surface area contributed by atoms with Gasteiger partial charge in [0.15, 0.2) is 0 Å². The highest BCUT2D eigenvalue weighted by Gasteiger charge is 2.34. The van der Waals surface area contributed by atoms with Crippen LogP contribution >= 0.6 is 0 Å². The molecule has 0 bridgehead atoms. The van der Waals surface area contributed by atoms with Crippen LogP contribution in [0.4, 0.5) is 5.69 Å². The van der Waals surface area contributed by atoms with Crippen molar-refractivity contribution in [1.82, 2.24) is 14.5 Å². The van der Waals surface area contributed by atoms with Gasteiger partial charge in [-0.1, -0.05) is 6.92 Å². The van der Waals surface area contributed by atoms with Gasteiger partial charge in [0.1, 0.15) is 11.5 Å². The number of rotatable bonds is 6. The van der Waals surface area contributed by atoms with Gasteiger partial charge in [0.05, 0.1) is 36.9 Å². The number of β-amino-alcohol motifs (C(OH)–C–C–N with tert-alkyl or cyclic N) is 1. The number of amides is 1. The highest BCUT2D eigenvalue weighted by atomic mass is 16.5. The van der Waals surface area contributed by atoms with Gasteiger partial charge in [-0.15, -0.1) is 0 Å². The Kier molecular flexibility index (Phi) is 4.94. The first kappa shape index (κ1) is 17.9. The number of carbonyl (C=O) groups excluding carboxylic acids is 2. The van der Waals surface area contributed by atoms with Crippen molar-refractivity contribution in [3.8, 4) is 0 Å². The highest BCUT2D eigenvalue weighted by Crippen LogP contribution is 2.25. The smallest absolute Gasteiger partial charge is 0.337 e. The maximum atomic E-state index is 12.6. The Bertz CT molecular complexity index is 900. The summed E-state index contributed by atoms with van der Waals surface area (Å²) in [5, 5.41) is 12.2. The van der Waals surface area contributed by atoms with Crippen LogP contribution in [0.2, 0.25) is 0 Å². The maximum absolute atomic E-state index is 12.6. The average Bonchev–Trinajstić information content (AvgIpc) is 3.13. The lowest BCUT2D eigenvalue weighted by atomic mass is 10.2. The van der Waals surface area contributed by atoms with E-state index in [1.54, 1.807) is 0 Å². The average molecular weight is 358 g/mol. The van der Waals surface area contributed by atoms with Crippen LogP contribution < -0.4 is 5.32 Å². The molecule has 0 saturated heterocycles. The van der Waals surface area contributed by atoms with E-state index >= 15 is 0 Å². The molecule has 0 unspecified atom stereocenters. The van der Waals surface area contributed by atoms with Crippen LogP contribution in [-0.2, 0) is 27.8 Å². The summed E-state index contributed by atoms with van der Waals surface area (Å²) >= 11 is 0. The molecule has 0 atom stereocenters. The fourth-order valence-electron chi connectivity index (χ4n) is 3.14. The zero-order valence-electron chi connectivity index (χ0n) is 15.1. The fourth-order valence-corrected chi connectivity index (χ4v) is 3.14. The zero-order valence-corrected chi connectivity index (χ0v) is 15.1. The van der Waals surface area contributed by atoms with Gasteiger partial charge in [-0.2, -0.15) is 0 Å². The number of aliphatic hydroxyl groups excluding tert-OH is 1. The number of anilines is 1. The lowest BCUT2D eigenvalue weighted by molar-refractivity contribution is -0.136. The number of carbonyl (C=O) groups is 2. The van der Waals surface area contributed by atoms with Gasteiger partial charge >= 0.3 is 5.97 Å². The number of benzene rings is 1. The molecule has 8 nitrogen and oxygen atoms in total. The van der Waals surface area contributed by atoms with Crippen molar-refractivity contribution in [1.29, 1.82) is 0 Å². The number of ether oxygens (including phenoxy) is 1. The second kappa shape index (κ2) is 7.17. The quantitative estimate of drug-likeness (QED) is 0.742. The molecule has 3 rings (SSSR count). The van der Waals surface area contributed by atoms with Crippen LogP contribution in [0.15, 0.2) is 29.5 Å². The van der Waals surface area contributed by atoms with Crippen molar-refractivity contribution in [2.75, 3.05) is 32.1 Å². The van der Waals surface area contributed by atoms with Crippen molar-refractivity contribution >= 4 is 28.6 Å². The molecule has 1 aliphatic rings. The van der Waals surface area contributed by atoms with Crippen molar-refractivity contribution in [3.63, 3.8) is 0 Å². The Morgan fingerprint density at radius 2 is 2.19 bits per heavy atom. The number of methoxy groups -OCH3 is 1. The molecule has 2 N–H and O–H groups in total. The van der Waals surface area contributed by atoms with E-state index in [0.29, 0.717) is 5.69 Å². The molecule has 138 valence electrons. The predicted molar refractivity (Wildman–Crippen MR) is 96.4 cm³/mol. The summed E-state index contributed by atoms with van der Waals surface area (Å²) < 4.78 is 6.82. The molecule has 2 heterocycles. The number of fused-ring (bicyclic) bond motifs is 1. The molecule has 1 aliphatic heterocycles. The minimum atomic E-state index is -0.562. The van der Waals surface area contributed by atoms with E-state index in [1.807, 2.05) is 36.7 Å². The third kappa shape index (κ3) is 3.03. The molecule has 0 saturated carbocycles. The minimum Gasteiger partial charge on any atom is -0.466 e. The largest absolute Gasteiger partial charge is 0.466 e. The molecular formula is C18H22N4O4. The standard InChI is InChI=1S/C18H22N4O4/c1-4-15-20-13-9-11(5-6-14(13)21(15)2)19-16-12(18(25)26-3)10-22(7-8-23)17(16)24/h5-6,9,19,23H,4,7-8,10H2,1-3H3. The molecule has 26 heavy (non-hydrogen) atoms. The lowest BCUT2D eigenvalue weighted by Crippen LogP contribution is -2.31. The SMILES string of the molecule is CCc1nc2cc(NC3=C(C(=O)OC)CN(CCO)C3=O)ccc2n1C. The minimum absolute atomic E-state index is 0.111. The number of nitrogens with zero attached hydrogens (tertiary/aromatic N) is 3. The summed E-state index contributed by atoms with van der Waals surface area (Å²) in [4.78, 5) is 30.6. The predicted octanol–water partition coefficient (Wildman–Crippen LogP) is 0.809. The van der Waals surface area contributed by atoms with E-state index in [9.17, 15) is 9.59 Å². The van der Waals surface area contributed by atoms with Gasteiger partial charge < -0.3 is 24.6 Å². The number of aromatic nitrogens is 2. The van der Waals surface area contributed by atoms with Crippen LogP contribution in [0.5, 0.6) is 0 Å². The van der Waals surface area contributed by atoms with Crippen molar-refractivity contribution < 1.29 is 19.4 Å². The number of hydrogen-bond donors (Lipinski definition) is 2. The Labute approximate surface area is 151 Å². The Morgan fingerprint density at radius 3 is 2.85 bits per heavy atom. The molecule has 8 heteroatoms. The second-order valence-corrected chi connectivity index (χ2v) is 6.06. The second-order valence-electron chi connectivity index (χ2n) is 6.06. The van der Waals surface area contributed by atoms with Crippen molar-refractivity contribution in [2.24, 2.45) is 7.05 Å². The van der Waals surface area contributed by atoms with Gasteiger partial charge in [0, 0.05) is 25.7 Å². The van der Waals surface area contributed by atoms with Crippen LogP contribution in [-0.4, -0.2) is 58.2 Å². The van der Waals surface area contributed by atoms with E-state index in [-0.39, 0.29) is 36.9 Å². The van der Waals surface area contributed by atoms with Gasteiger partial charge in [-0.3, -0.25) is 4.79 Å². The number of aryl methyl sites for hydroxylation is 2. The third-order valence-electron chi connectivity index (χ3n) is 4.51. The number of imidazole rings is 1. The van der Waals surface area contributed by atoms with Crippen LogP contribution in [0.3, 0.4) is 0 Å². The van der Waals surface area contributed by atoms with E-state index in [2.05, 4.69) is 10.3 Å². The Morgan fingerprint density at radius 1 is 1.42 bits per heavy atom. The monoisotopic (exact) mass is 358 g/mol. The molecule has 0 fully saturated rings. The summed E-state index contributed by atoms with van der Waals surface area (Å²) in [7, 11) is 3.24. The van der Waals surface area contributed by atoms with E-state index in [0.717, 1.165) is 23.3 Å². The number of aliphatic hydroxyl groups is 1. The van der Waals surface area contributed by atoms with Crippen molar-refractivity contribution in [3.05, 3.63) is 35.3 Å². The van der Waals surface area contributed by atoms with Crippen LogP contribution in [0, 0.1) is 0 Å². The van der Waals surface area contributed by atoms with Gasteiger partial charge in [-0.05, 0) is 18.2 Å². The maximum Gasteiger partial charge on any atom is 0.337 e. The lowest BCUT2D eigenvalue weighted by Gasteiger charge is -2.15. The molecular weight excluding hydrogens is 336 g/mol. The topological polar surface area (TPSA) is 96.7 Å². The number of esters is 1.